The molecule has 0 radical (unpaired) electrons. The van der Waals surface area contributed by atoms with E-state index in [4.69, 9.17) is 4.74 Å². The molecule has 0 bridgehead atoms. The van der Waals surface area contributed by atoms with Crippen LogP contribution in [0, 0.1) is 19.7 Å². The van der Waals surface area contributed by atoms with Crippen LogP contribution in [0.4, 0.5) is 4.39 Å². The van der Waals surface area contributed by atoms with Crippen molar-refractivity contribution >= 4 is 0 Å². The van der Waals surface area contributed by atoms with Gasteiger partial charge in [0.1, 0.15) is 0 Å². The first kappa shape index (κ1) is 15.5. The van der Waals surface area contributed by atoms with E-state index >= 15 is 0 Å². The van der Waals surface area contributed by atoms with Crippen molar-refractivity contribution in [2.24, 2.45) is 0 Å². The summed E-state index contributed by atoms with van der Waals surface area (Å²) in [6.45, 7) is 6.48. The second kappa shape index (κ2) is 6.26. The minimum absolute atomic E-state index is 0.217. The van der Waals surface area contributed by atoms with Crippen molar-refractivity contribution in [3.8, 4) is 5.75 Å². The molecule has 2 rings (SSSR count). The maximum Gasteiger partial charge on any atom is 0.170 e. The molecule has 0 aliphatic rings. The summed E-state index contributed by atoms with van der Waals surface area (Å²) >= 11 is 0. The SMILES string of the molecule is CNC(C)c1c(C)nn(Cc2cccc(OC)c2F)c1C. The molecule has 0 aliphatic carbocycles. The number of hydrogen-bond acceptors (Lipinski definition) is 3. The number of benzene rings is 1. The molecule has 114 valence electrons. The minimum Gasteiger partial charge on any atom is -0.494 e. The average molecular weight is 291 g/mol. The van der Waals surface area contributed by atoms with E-state index in [0.29, 0.717) is 12.1 Å². The third-order valence-electron chi connectivity index (χ3n) is 3.89. The molecule has 1 heterocycles. The van der Waals surface area contributed by atoms with Gasteiger partial charge in [-0.2, -0.15) is 5.10 Å². The van der Waals surface area contributed by atoms with E-state index in [1.807, 2.05) is 25.6 Å². The number of aromatic nitrogens is 2. The normalized spacial score (nSPS) is 12.5. The fourth-order valence-corrected chi connectivity index (χ4v) is 2.63. The highest BCUT2D eigenvalue weighted by molar-refractivity contribution is 5.33. The summed E-state index contributed by atoms with van der Waals surface area (Å²) in [5, 5.41) is 7.76. The number of ether oxygens (including phenoxy) is 1. The number of aryl methyl sites for hydroxylation is 1. The van der Waals surface area contributed by atoms with Gasteiger partial charge in [0.25, 0.3) is 0 Å². The average Bonchev–Trinajstić information content (AvgIpc) is 2.75. The Morgan fingerprint density at radius 2 is 2.10 bits per heavy atom. The monoisotopic (exact) mass is 291 g/mol. The lowest BCUT2D eigenvalue weighted by Gasteiger charge is -2.12. The molecule has 21 heavy (non-hydrogen) atoms. The first-order valence-electron chi connectivity index (χ1n) is 7.02. The van der Waals surface area contributed by atoms with Gasteiger partial charge in [-0.25, -0.2) is 4.39 Å². The number of hydrogen-bond donors (Lipinski definition) is 1. The van der Waals surface area contributed by atoms with E-state index in [-0.39, 0.29) is 17.6 Å². The Kier molecular flexibility index (Phi) is 4.63. The summed E-state index contributed by atoms with van der Waals surface area (Å²) in [5.74, 6) is -0.0615. The van der Waals surface area contributed by atoms with Crippen LogP contribution in [0.25, 0.3) is 0 Å². The zero-order chi connectivity index (χ0) is 15.6. The number of rotatable bonds is 5. The fourth-order valence-electron chi connectivity index (χ4n) is 2.63. The van der Waals surface area contributed by atoms with E-state index in [9.17, 15) is 4.39 Å². The molecule has 2 aromatic rings. The van der Waals surface area contributed by atoms with Gasteiger partial charge in [0.05, 0.1) is 19.3 Å². The summed E-state index contributed by atoms with van der Waals surface area (Å²) in [6.07, 6.45) is 0. The lowest BCUT2D eigenvalue weighted by atomic mass is 10.1. The molecule has 1 N–H and O–H groups in total. The second-order valence-electron chi connectivity index (χ2n) is 5.19. The predicted octanol–water partition coefficient (Wildman–Crippen LogP) is 2.98. The van der Waals surface area contributed by atoms with Crippen LogP contribution in [0.5, 0.6) is 5.75 Å². The number of nitrogens with zero attached hydrogens (tertiary/aromatic N) is 2. The standard InChI is InChI=1S/C16H22FN3O/c1-10(18-4)15-11(2)19-20(12(15)3)9-13-7-6-8-14(21-5)16(13)17/h6-8,10,18H,9H2,1-5H3. The first-order valence-corrected chi connectivity index (χ1v) is 7.02. The Labute approximate surface area is 124 Å². The Morgan fingerprint density at radius 3 is 2.71 bits per heavy atom. The van der Waals surface area contributed by atoms with Crippen LogP contribution in [0.1, 0.15) is 35.5 Å². The van der Waals surface area contributed by atoms with Gasteiger partial charge in [0.15, 0.2) is 11.6 Å². The van der Waals surface area contributed by atoms with Gasteiger partial charge in [-0.15, -0.1) is 0 Å². The van der Waals surface area contributed by atoms with Crippen molar-refractivity contribution < 1.29 is 9.13 Å². The molecule has 0 fully saturated rings. The van der Waals surface area contributed by atoms with Gasteiger partial charge in [-0.1, -0.05) is 12.1 Å². The quantitative estimate of drug-likeness (QED) is 0.920. The third-order valence-corrected chi connectivity index (χ3v) is 3.89. The first-order chi connectivity index (χ1) is 9.99. The third kappa shape index (κ3) is 2.93. The molecule has 1 aromatic carbocycles. The van der Waals surface area contributed by atoms with E-state index in [1.54, 1.807) is 18.2 Å². The zero-order valence-corrected chi connectivity index (χ0v) is 13.2. The maximum absolute atomic E-state index is 14.2. The molecular formula is C16H22FN3O. The Bertz CT molecular complexity index is 637. The van der Waals surface area contributed by atoms with Crippen molar-refractivity contribution in [1.82, 2.24) is 15.1 Å². The summed E-state index contributed by atoms with van der Waals surface area (Å²) in [6, 6.07) is 5.39. The minimum atomic E-state index is -0.323. The van der Waals surface area contributed by atoms with Crippen molar-refractivity contribution in [3.05, 3.63) is 46.5 Å². The molecule has 1 atom stereocenters. The van der Waals surface area contributed by atoms with Gasteiger partial charge in [0, 0.05) is 22.9 Å². The summed E-state index contributed by atoms with van der Waals surface area (Å²) < 4.78 is 21.1. The van der Waals surface area contributed by atoms with Crippen molar-refractivity contribution in [2.45, 2.75) is 33.4 Å². The Morgan fingerprint density at radius 1 is 1.38 bits per heavy atom. The number of nitrogens with one attached hydrogen (secondary N) is 1. The largest absolute Gasteiger partial charge is 0.494 e. The molecule has 1 unspecified atom stereocenters. The van der Waals surface area contributed by atoms with Gasteiger partial charge >= 0.3 is 0 Å². The summed E-state index contributed by atoms with van der Waals surface area (Å²) in [7, 11) is 3.39. The molecule has 1 aromatic heterocycles. The molecule has 0 amide bonds. The Hall–Kier alpha value is -1.88. The molecule has 4 nitrogen and oxygen atoms in total. The summed E-state index contributed by atoms with van der Waals surface area (Å²) in [5.41, 5.74) is 3.76. The van der Waals surface area contributed by atoms with Gasteiger partial charge < -0.3 is 10.1 Å². The predicted molar refractivity (Wildman–Crippen MR) is 81.2 cm³/mol. The molecule has 5 heteroatoms. The molecule has 0 spiro atoms. The van der Waals surface area contributed by atoms with E-state index < -0.39 is 0 Å². The smallest absolute Gasteiger partial charge is 0.170 e. The van der Waals surface area contributed by atoms with Crippen LogP contribution in [0.2, 0.25) is 0 Å². The van der Waals surface area contributed by atoms with Gasteiger partial charge in [0.2, 0.25) is 0 Å². The van der Waals surface area contributed by atoms with Crippen LogP contribution in [0.15, 0.2) is 18.2 Å². The van der Waals surface area contributed by atoms with Crippen LogP contribution >= 0.6 is 0 Å². The van der Waals surface area contributed by atoms with Crippen molar-refractivity contribution in [1.29, 1.82) is 0 Å². The highest BCUT2D eigenvalue weighted by Crippen LogP contribution is 2.24. The maximum atomic E-state index is 14.2. The highest BCUT2D eigenvalue weighted by Gasteiger charge is 2.17. The number of methoxy groups -OCH3 is 1. The van der Waals surface area contributed by atoms with Crippen molar-refractivity contribution in [2.75, 3.05) is 14.2 Å². The van der Waals surface area contributed by atoms with Gasteiger partial charge in [-0.3, -0.25) is 4.68 Å². The van der Waals surface area contributed by atoms with E-state index in [1.165, 1.54) is 12.7 Å². The van der Waals surface area contributed by atoms with E-state index in [0.717, 1.165) is 11.4 Å². The van der Waals surface area contributed by atoms with Crippen LogP contribution in [0.3, 0.4) is 0 Å². The van der Waals surface area contributed by atoms with Crippen LogP contribution < -0.4 is 10.1 Å². The fraction of sp³-hybridized carbons (Fsp3) is 0.438. The van der Waals surface area contributed by atoms with Crippen LogP contribution in [-0.4, -0.2) is 23.9 Å². The number of halogens is 1. The topological polar surface area (TPSA) is 39.1 Å². The Balaban J connectivity index is 2.37. The lowest BCUT2D eigenvalue weighted by Crippen LogP contribution is -2.14. The summed E-state index contributed by atoms with van der Waals surface area (Å²) in [4.78, 5) is 0. The lowest BCUT2D eigenvalue weighted by molar-refractivity contribution is 0.383. The molecule has 0 saturated heterocycles. The van der Waals surface area contributed by atoms with E-state index in [2.05, 4.69) is 17.3 Å². The molecule has 0 saturated carbocycles. The molecule has 0 aliphatic heterocycles. The van der Waals surface area contributed by atoms with Crippen molar-refractivity contribution in [3.63, 3.8) is 0 Å². The van der Waals surface area contributed by atoms with Crippen LogP contribution in [-0.2, 0) is 6.54 Å². The highest BCUT2D eigenvalue weighted by atomic mass is 19.1. The van der Waals surface area contributed by atoms with Gasteiger partial charge in [-0.05, 0) is 33.9 Å². The molecular weight excluding hydrogens is 269 g/mol. The second-order valence-corrected chi connectivity index (χ2v) is 5.19. The zero-order valence-electron chi connectivity index (χ0n) is 13.2.